The zero-order chi connectivity index (χ0) is 10.7. The summed E-state index contributed by atoms with van der Waals surface area (Å²) in [5, 5.41) is 17.1. The molecule has 4 N–H and O–H groups in total. The lowest BCUT2D eigenvalue weighted by atomic mass is 10.2. The molecule has 0 aromatic carbocycles. The second-order valence-corrected chi connectivity index (χ2v) is 2.69. The Morgan fingerprint density at radius 1 is 1.57 bits per heavy atom. The maximum Gasteiger partial charge on any atom is 0.417 e. The van der Waals surface area contributed by atoms with Crippen LogP contribution in [-0.2, 0) is 11.2 Å². The van der Waals surface area contributed by atoms with Crippen molar-refractivity contribution in [2.24, 2.45) is 5.73 Å². The molecule has 0 bridgehead atoms. The van der Waals surface area contributed by atoms with E-state index in [0.29, 0.717) is 0 Å². The Hall–Kier alpha value is -1.89. The van der Waals surface area contributed by atoms with E-state index in [1.807, 2.05) is 0 Å². The molecule has 0 unspecified atom stereocenters. The lowest BCUT2D eigenvalue weighted by Gasteiger charge is -2.06. The van der Waals surface area contributed by atoms with E-state index in [4.69, 9.17) is 15.9 Å². The van der Waals surface area contributed by atoms with Crippen LogP contribution in [0.2, 0.25) is 0 Å². The van der Waals surface area contributed by atoms with Crippen molar-refractivity contribution in [2.75, 3.05) is 0 Å². The zero-order valence-corrected chi connectivity index (χ0v) is 7.12. The Balaban J connectivity index is 2.81. The van der Waals surface area contributed by atoms with Crippen LogP contribution in [0.1, 0.15) is 5.69 Å². The highest BCUT2D eigenvalue weighted by atomic mass is 16.4. The second-order valence-electron chi connectivity index (χ2n) is 2.69. The number of aromatic nitrogens is 2. The minimum atomic E-state index is -1.21. The van der Waals surface area contributed by atoms with Gasteiger partial charge >= 0.3 is 12.1 Å². The van der Waals surface area contributed by atoms with Gasteiger partial charge in [-0.25, -0.2) is 14.3 Å². The molecule has 14 heavy (non-hydrogen) atoms. The molecule has 0 saturated carbocycles. The Morgan fingerprint density at radius 2 is 2.21 bits per heavy atom. The molecular formula is C7H9N3O4. The van der Waals surface area contributed by atoms with Gasteiger partial charge in [0, 0.05) is 12.6 Å². The van der Waals surface area contributed by atoms with Crippen LogP contribution in [-0.4, -0.2) is 37.9 Å². The number of hydrogen-bond acceptors (Lipinski definition) is 4. The number of nitrogens with two attached hydrogens (primary N) is 1. The Labute approximate surface area is 78.8 Å². The van der Waals surface area contributed by atoms with E-state index in [1.54, 1.807) is 0 Å². The van der Waals surface area contributed by atoms with Crippen molar-refractivity contribution >= 4 is 12.1 Å². The number of rotatable bonds is 3. The predicted octanol–water partition coefficient (Wildman–Crippen LogP) is -0.636. The third kappa shape index (κ3) is 2.07. The summed E-state index contributed by atoms with van der Waals surface area (Å²) in [4.78, 5) is 24.6. The summed E-state index contributed by atoms with van der Waals surface area (Å²) in [6.07, 6.45) is 1.08. The van der Waals surface area contributed by atoms with Crippen LogP contribution in [0.15, 0.2) is 12.5 Å². The molecule has 0 aliphatic heterocycles. The predicted molar refractivity (Wildman–Crippen MR) is 45.0 cm³/mol. The minimum absolute atomic E-state index is 0.0678. The van der Waals surface area contributed by atoms with Crippen LogP contribution < -0.4 is 5.73 Å². The van der Waals surface area contributed by atoms with Gasteiger partial charge in [-0.1, -0.05) is 0 Å². The van der Waals surface area contributed by atoms with Crippen LogP contribution in [0.5, 0.6) is 0 Å². The van der Waals surface area contributed by atoms with Crippen LogP contribution in [0.25, 0.3) is 0 Å². The van der Waals surface area contributed by atoms with Crippen LogP contribution in [0, 0.1) is 0 Å². The highest BCUT2D eigenvalue weighted by molar-refractivity contribution is 5.74. The van der Waals surface area contributed by atoms with Crippen molar-refractivity contribution in [1.29, 1.82) is 0 Å². The molecule has 7 heteroatoms. The number of carbonyl (C=O) groups is 2. The molecule has 1 rings (SSSR count). The van der Waals surface area contributed by atoms with Gasteiger partial charge in [0.25, 0.3) is 0 Å². The molecule has 0 spiro atoms. The molecule has 0 fully saturated rings. The first-order valence-electron chi connectivity index (χ1n) is 3.75. The SMILES string of the molecule is N[C@@H](Cc1cncn1C(=O)O)C(=O)O. The largest absolute Gasteiger partial charge is 0.480 e. The smallest absolute Gasteiger partial charge is 0.417 e. The van der Waals surface area contributed by atoms with E-state index in [2.05, 4.69) is 4.98 Å². The molecule has 0 radical (unpaired) electrons. The number of imidazole rings is 1. The van der Waals surface area contributed by atoms with Crippen molar-refractivity contribution < 1.29 is 19.8 Å². The van der Waals surface area contributed by atoms with Gasteiger partial charge in [0.15, 0.2) is 0 Å². The standard InChI is InChI=1S/C7H9N3O4/c8-5(6(11)12)1-4-2-9-3-10(4)7(13)14/h2-3,5H,1,8H2,(H,11,12)(H,13,14)/t5-/m0/s1. The summed E-state index contributed by atoms with van der Waals surface area (Å²) in [6.45, 7) is 0. The maximum absolute atomic E-state index is 10.6. The average Bonchev–Trinajstić information content (AvgIpc) is 2.52. The summed E-state index contributed by atoms with van der Waals surface area (Å²) >= 11 is 0. The molecular weight excluding hydrogens is 190 g/mol. The molecule has 1 aromatic heterocycles. The molecule has 1 atom stereocenters. The fourth-order valence-corrected chi connectivity index (χ4v) is 0.958. The number of carboxylic acid groups (broad SMARTS) is 2. The quantitative estimate of drug-likeness (QED) is 0.596. The summed E-state index contributed by atoms with van der Waals surface area (Å²) < 4.78 is 0.836. The zero-order valence-electron chi connectivity index (χ0n) is 7.12. The first-order chi connectivity index (χ1) is 6.52. The van der Waals surface area contributed by atoms with E-state index in [9.17, 15) is 9.59 Å². The Kier molecular flexibility index (Phi) is 2.82. The highest BCUT2D eigenvalue weighted by Crippen LogP contribution is 2.02. The first-order valence-corrected chi connectivity index (χ1v) is 3.75. The maximum atomic E-state index is 10.6. The van der Waals surface area contributed by atoms with Gasteiger partial charge in [-0.05, 0) is 0 Å². The van der Waals surface area contributed by atoms with E-state index in [0.717, 1.165) is 10.9 Å². The summed E-state index contributed by atoms with van der Waals surface area (Å²) in [5.41, 5.74) is 5.50. The topological polar surface area (TPSA) is 118 Å². The van der Waals surface area contributed by atoms with Gasteiger partial charge in [-0.3, -0.25) is 4.79 Å². The third-order valence-corrected chi connectivity index (χ3v) is 1.67. The fourth-order valence-electron chi connectivity index (χ4n) is 0.958. The molecule has 0 saturated heterocycles. The van der Waals surface area contributed by atoms with Crippen molar-refractivity contribution in [3.05, 3.63) is 18.2 Å². The number of nitrogens with zero attached hydrogens (tertiary/aromatic N) is 2. The van der Waals surface area contributed by atoms with Crippen LogP contribution in [0.4, 0.5) is 4.79 Å². The van der Waals surface area contributed by atoms with Crippen LogP contribution in [0.3, 0.4) is 0 Å². The fraction of sp³-hybridized carbons (Fsp3) is 0.286. The molecule has 1 heterocycles. The van der Waals surface area contributed by atoms with Gasteiger partial charge in [-0.2, -0.15) is 0 Å². The van der Waals surface area contributed by atoms with Gasteiger partial charge in [0.1, 0.15) is 12.4 Å². The summed E-state index contributed by atoms with van der Waals surface area (Å²) in [6, 6.07) is -1.12. The van der Waals surface area contributed by atoms with E-state index >= 15 is 0 Å². The first kappa shape index (κ1) is 10.2. The van der Waals surface area contributed by atoms with Crippen molar-refractivity contribution in [3.8, 4) is 0 Å². The van der Waals surface area contributed by atoms with E-state index in [1.165, 1.54) is 6.20 Å². The Morgan fingerprint density at radius 3 is 2.71 bits per heavy atom. The number of aliphatic carboxylic acids is 1. The molecule has 7 nitrogen and oxygen atoms in total. The van der Waals surface area contributed by atoms with Gasteiger partial charge < -0.3 is 15.9 Å². The second kappa shape index (κ2) is 3.88. The lowest BCUT2D eigenvalue weighted by molar-refractivity contribution is -0.138. The van der Waals surface area contributed by atoms with Gasteiger partial charge in [-0.15, -0.1) is 0 Å². The summed E-state index contributed by atoms with van der Waals surface area (Å²) in [5.74, 6) is -1.18. The van der Waals surface area contributed by atoms with Crippen molar-refractivity contribution in [3.63, 3.8) is 0 Å². The lowest BCUT2D eigenvalue weighted by Crippen LogP contribution is -2.33. The van der Waals surface area contributed by atoms with Crippen molar-refractivity contribution in [1.82, 2.24) is 9.55 Å². The molecule has 0 aliphatic rings. The van der Waals surface area contributed by atoms with E-state index in [-0.39, 0.29) is 12.1 Å². The minimum Gasteiger partial charge on any atom is -0.480 e. The highest BCUT2D eigenvalue weighted by Gasteiger charge is 2.16. The van der Waals surface area contributed by atoms with Gasteiger partial charge in [0.2, 0.25) is 0 Å². The monoisotopic (exact) mass is 199 g/mol. The number of carboxylic acids is 1. The van der Waals surface area contributed by atoms with Crippen LogP contribution >= 0.6 is 0 Å². The van der Waals surface area contributed by atoms with Crippen molar-refractivity contribution in [2.45, 2.75) is 12.5 Å². The Bertz CT molecular complexity index is 360. The number of hydrogen-bond donors (Lipinski definition) is 3. The molecule has 76 valence electrons. The third-order valence-electron chi connectivity index (χ3n) is 1.67. The van der Waals surface area contributed by atoms with Gasteiger partial charge in [0.05, 0.1) is 5.69 Å². The normalized spacial score (nSPS) is 12.4. The van der Waals surface area contributed by atoms with E-state index < -0.39 is 18.1 Å². The average molecular weight is 199 g/mol. The summed E-state index contributed by atoms with van der Waals surface area (Å²) in [7, 11) is 0. The molecule has 1 aromatic rings. The molecule has 0 amide bonds. The molecule has 0 aliphatic carbocycles.